The third kappa shape index (κ3) is 3.88. The zero-order valence-electron chi connectivity index (χ0n) is 11.4. The molecule has 0 saturated heterocycles. The van der Waals surface area contributed by atoms with Crippen LogP contribution in [0.4, 0.5) is 0 Å². The van der Waals surface area contributed by atoms with E-state index in [0.29, 0.717) is 22.4 Å². The van der Waals surface area contributed by atoms with E-state index >= 15 is 0 Å². The molecule has 0 aliphatic heterocycles. The van der Waals surface area contributed by atoms with E-state index in [9.17, 15) is 0 Å². The van der Waals surface area contributed by atoms with Gasteiger partial charge in [-0.15, -0.1) is 0 Å². The van der Waals surface area contributed by atoms with Crippen molar-refractivity contribution in [1.29, 1.82) is 0 Å². The maximum absolute atomic E-state index is 8.68. The van der Waals surface area contributed by atoms with Crippen LogP contribution in [-0.4, -0.2) is 18.2 Å². The van der Waals surface area contributed by atoms with Gasteiger partial charge in [0.25, 0.3) is 0 Å². The lowest BCUT2D eigenvalue weighted by Crippen LogP contribution is -2.13. The minimum Gasteiger partial charge on any atom is -0.497 e. The zero-order valence-corrected chi connectivity index (χ0v) is 13.0. The highest BCUT2D eigenvalue weighted by molar-refractivity contribution is 9.10. The summed E-state index contributed by atoms with van der Waals surface area (Å²) in [6.07, 6.45) is 0. The van der Waals surface area contributed by atoms with E-state index in [0.717, 1.165) is 11.3 Å². The molecular formula is C15H15BrN2O3. The Kier molecular flexibility index (Phi) is 5.05. The molecule has 0 radical (unpaired) electrons. The number of nitrogens with zero attached hydrogens (tertiary/aromatic N) is 1. The highest BCUT2D eigenvalue weighted by Crippen LogP contribution is 2.24. The first kappa shape index (κ1) is 15.2. The highest BCUT2D eigenvalue weighted by Gasteiger charge is 2.07. The Labute approximate surface area is 131 Å². The standard InChI is InChI=1S/C15H15BrN2O3/c1-20-11-4-2-3-10(7-11)9-21-12-5-6-13(14(16)8-12)15(17)18-19/h2-8,19H,9H2,1H3,(H2,17,18). The normalized spacial score (nSPS) is 11.2. The van der Waals surface area contributed by atoms with E-state index in [1.807, 2.05) is 24.3 Å². The summed E-state index contributed by atoms with van der Waals surface area (Å²) in [5, 5.41) is 11.7. The first-order chi connectivity index (χ1) is 10.1. The topological polar surface area (TPSA) is 77.1 Å². The molecule has 2 rings (SSSR count). The molecule has 0 atom stereocenters. The van der Waals surface area contributed by atoms with Gasteiger partial charge in [-0.1, -0.05) is 17.3 Å². The fraction of sp³-hybridized carbons (Fsp3) is 0.133. The first-order valence-corrected chi connectivity index (χ1v) is 6.96. The summed E-state index contributed by atoms with van der Waals surface area (Å²) in [5.41, 5.74) is 7.17. The molecule has 0 unspecified atom stereocenters. The molecule has 0 aliphatic carbocycles. The maximum atomic E-state index is 8.68. The van der Waals surface area contributed by atoms with Crippen LogP contribution in [0.1, 0.15) is 11.1 Å². The van der Waals surface area contributed by atoms with Gasteiger partial charge < -0.3 is 20.4 Å². The van der Waals surface area contributed by atoms with Crippen molar-refractivity contribution in [3.8, 4) is 11.5 Å². The molecule has 6 heteroatoms. The van der Waals surface area contributed by atoms with E-state index in [2.05, 4.69) is 21.1 Å². The molecule has 0 spiro atoms. The van der Waals surface area contributed by atoms with Crippen LogP contribution in [0.5, 0.6) is 11.5 Å². The van der Waals surface area contributed by atoms with Crippen LogP contribution in [0, 0.1) is 0 Å². The lowest BCUT2D eigenvalue weighted by molar-refractivity contribution is 0.305. The second-order valence-corrected chi connectivity index (χ2v) is 5.12. The number of ether oxygens (including phenoxy) is 2. The van der Waals surface area contributed by atoms with Gasteiger partial charge >= 0.3 is 0 Å². The van der Waals surface area contributed by atoms with Crippen molar-refractivity contribution in [2.24, 2.45) is 10.9 Å². The smallest absolute Gasteiger partial charge is 0.171 e. The molecular weight excluding hydrogens is 336 g/mol. The van der Waals surface area contributed by atoms with E-state index in [1.54, 1.807) is 25.3 Å². The number of halogens is 1. The van der Waals surface area contributed by atoms with Gasteiger partial charge in [0.05, 0.1) is 7.11 Å². The lowest BCUT2D eigenvalue weighted by atomic mass is 10.2. The third-order valence-corrected chi connectivity index (χ3v) is 3.52. The average Bonchev–Trinajstić information content (AvgIpc) is 2.52. The molecule has 110 valence electrons. The fourth-order valence-electron chi connectivity index (χ4n) is 1.78. The molecule has 0 aromatic heterocycles. The van der Waals surface area contributed by atoms with Crippen LogP contribution in [0.25, 0.3) is 0 Å². The molecule has 0 aliphatic rings. The number of nitrogens with two attached hydrogens (primary N) is 1. The summed E-state index contributed by atoms with van der Waals surface area (Å²) < 4.78 is 11.6. The van der Waals surface area contributed by atoms with Gasteiger partial charge in [0.1, 0.15) is 18.1 Å². The predicted octanol–water partition coefficient (Wildman–Crippen LogP) is 3.13. The Morgan fingerprint density at radius 1 is 1.24 bits per heavy atom. The first-order valence-electron chi connectivity index (χ1n) is 6.17. The van der Waals surface area contributed by atoms with Crippen molar-refractivity contribution >= 4 is 21.8 Å². The SMILES string of the molecule is COc1cccc(COc2ccc(/C(N)=N/O)c(Br)c2)c1. The minimum absolute atomic E-state index is 0.0428. The van der Waals surface area contributed by atoms with Crippen molar-refractivity contribution in [1.82, 2.24) is 0 Å². The molecule has 3 N–H and O–H groups in total. The molecule has 0 fully saturated rings. The lowest BCUT2D eigenvalue weighted by Gasteiger charge is -2.09. The van der Waals surface area contributed by atoms with E-state index in [-0.39, 0.29) is 5.84 Å². The number of hydrogen-bond acceptors (Lipinski definition) is 4. The van der Waals surface area contributed by atoms with Gasteiger partial charge in [0.15, 0.2) is 5.84 Å². The molecule has 21 heavy (non-hydrogen) atoms. The Morgan fingerprint density at radius 2 is 2.05 bits per heavy atom. The zero-order chi connectivity index (χ0) is 15.2. The second-order valence-electron chi connectivity index (χ2n) is 4.27. The van der Waals surface area contributed by atoms with E-state index in [1.165, 1.54) is 0 Å². The van der Waals surface area contributed by atoms with Crippen LogP contribution < -0.4 is 15.2 Å². The van der Waals surface area contributed by atoms with Crippen molar-refractivity contribution in [3.63, 3.8) is 0 Å². The van der Waals surface area contributed by atoms with Gasteiger partial charge in [0, 0.05) is 10.0 Å². The van der Waals surface area contributed by atoms with E-state index in [4.69, 9.17) is 20.4 Å². The van der Waals surface area contributed by atoms with Crippen LogP contribution in [-0.2, 0) is 6.61 Å². The number of oxime groups is 1. The number of methoxy groups -OCH3 is 1. The Hall–Kier alpha value is -2.21. The molecule has 0 bridgehead atoms. The molecule has 2 aromatic rings. The summed E-state index contributed by atoms with van der Waals surface area (Å²) in [6, 6.07) is 12.9. The van der Waals surface area contributed by atoms with Gasteiger partial charge in [-0.05, 0) is 51.8 Å². The fourth-order valence-corrected chi connectivity index (χ4v) is 2.34. The van der Waals surface area contributed by atoms with Crippen LogP contribution in [0.2, 0.25) is 0 Å². The Morgan fingerprint density at radius 3 is 2.71 bits per heavy atom. The molecule has 0 heterocycles. The summed E-state index contributed by atoms with van der Waals surface area (Å²) >= 11 is 3.37. The van der Waals surface area contributed by atoms with Crippen LogP contribution in [0.15, 0.2) is 52.1 Å². The molecule has 2 aromatic carbocycles. The van der Waals surface area contributed by atoms with Gasteiger partial charge in [0.2, 0.25) is 0 Å². The summed E-state index contributed by atoms with van der Waals surface area (Å²) in [4.78, 5) is 0. The summed E-state index contributed by atoms with van der Waals surface area (Å²) in [6.45, 7) is 0.423. The number of benzene rings is 2. The van der Waals surface area contributed by atoms with Crippen molar-refractivity contribution < 1.29 is 14.7 Å². The maximum Gasteiger partial charge on any atom is 0.171 e. The summed E-state index contributed by atoms with van der Waals surface area (Å²) in [5.74, 6) is 1.51. The third-order valence-electron chi connectivity index (χ3n) is 2.86. The highest BCUT2D eigenvalue weighted by atomic mass is 79.9. The molecule has 0 amide bonds. The summed E-state index contributed by atoms with van der Waals surface area (Å²) in [7, 11) is 1.63. The Balaban J connectivity index is 2.08. The van der Waals surface area contributed by atoms with Crippen LogP contribution >= 0.6 is 15.9 Å². The largest absolute Gasteiger partial charge is 0.497 e. The minimum atomic E-state index is 0.0428. The van der Waals surface area contributed by atoms with Crippen molar-refractivity contribution in [3.05, 3.63) is 58.1 Å². The number of amidine groups is 1. The van der Waals surface area contributed by atoms with Crippen LogP contribution in [0.3, 0.4) is 0 Å². The van der Waals surface area contributed by atoms with Gasteiger partial charge in [-0.25, -0.2) is 0 Å². The Bertz CT molecular complexity index is 659. The molecule has 0 saturated carbocycles. The average molecular weight is 351 g/mol. The number of hydrogen-bond donors (Lipinski definition) is 2. The van der Waals surface area contributed by atoms with Crippen molar-refractivity contribution in [2.75, 3.05) is 7.11 Å². The number of rotatable bonds is 5. The second kappa shape index (κ2) is 6.99. The van der Waals surface area contributed by atoms with Gasteiger partial charge in [-0.3, -0.25) is 0 Å². The monoisotopic (exact) mass is 350 g/mol. The predicted molar refractivity (Wildman–Crippen MR) is 84.0 cm³/mol. The van der Waals surface area contributed by atoms with Crippen molar-refractivity contribution in [2.45, 2.75) is 6.61 Å². The quantitative estimate of drug-likeness (QED) is 0.376. The molecule has 5 nitrogen and oxygen atoms in total. The van der Waals surface area contributed by atoms with E-state index < -0.39 is 0 Å². The van der Waals surface area contributed by atoms with Gasteiger partial charge in [-0.2, -0.15) is 0 Å².